The van der Waals surface area contributed by atoms with Crippen LogP contribution in [0.5, 0.6) is 5.75 Å². The smallest absolute Gasteiger partial charge is 0.253 e. The minimum Gasteiger partial charge on any atom is -0.497 e. The van der Waals surface area contributed by atoms with Gasteiger partial charge in [-0.05, 0) is 17.7 Å². The molecule has 1 atom stereocenters. The zero-order valence-electron chi connectivity index (χ0n) is 11.5. The number of ether oxygens (including phenoxy) is 2. The number of halogens is 1. The van der Waals surface area contributed by atoms with Crippen LogP contribution >= 0.6 is 12.4 Å². The van der Waals surface area contributed by atoms with Crippen molar-refractivity contribution in [2.45, 2.75) is 12.6 Å². The highest BCUT2D eigenvalue weighted by atomic mass is 35.5. The highest BCUT2D eigenvalue weighted by molar-refractivity contribution is 5.85. The van der Waals surface area contributed by atoms with Crippen LogP contribution in [-0.2, 0) is 16.1 Å². The monoisotopic (exact) mass is 288 g/mol. The number of methoxy groups -OCH3 is 2. The Morgan fingerprint density at radius 2 is 2.11 bits per heavy atom. The molecule has 1 aromatic carbocycles. The number of nitrogens with two attached hydrogens (primary N) is 1. The summed E-state index contributed by atoms with van der Waals surface area (Å²) >= 11 is 0. The first-order chi connectivity index (χ1) is 8.62. The molecule has 6 heteroatoms. The van der Waals surface area contributed by atoms with Gasteiger partial charge in [-0.2, -0.15) is 0 Å². The first kappa shape index (κ1) is 17.7. The highest BCUT2D eigenvalue weighted by Gasteiger charge is 2.20. The van der Waals surface area contributed by atoms with Gasteiger partial charge in [-0.15, -0.1) is 12.4 Å². The van der Waals surface area contributed by atoms with Gasteiger partial charge in [-0.25, -0.2) is 0 Å². The van der Waals surface area contributed by atoms with E-state index in [0.717, 1.165) is 11.3 Å². The average molecular weight is 289 g/mol. The summed E-state index contributed by atoms with van der Waals surface area (Å²) in [6.45, 7) is 0.674. The van der Waals surface area contributed by atoms with Gasteiger partial charge in [0, 0.05) is 27.2 Å². The van der Waals surface area contributed by atoms with Crippen molar-refractivity contribution in [1.82, 2.24) is 4.90 Å². The third-order valence-corrected chi connectivity index (χ3v) is 2.70. The second-order valence-electron chi connectivity index (χ2n) is 4.01. The van der Waals surface area contributed by atoms with Gasteiger partial charge in [0.25, 0.3) is 5.91 Å². The lowest BCUT2D eigenvalue weighted by Gasteiger charge is -2.22. The van der Waals surface area contributed by atoms with Crippen molar-refractivity contribution in [1.29, 1.82) is 0 Å². The minimum absolute atomic E-state index is 0. The van der Waals surface area contributed by atoms with Crippen LogP contribution in [-0.4, -0.2) is 44.7 Å². The van der Waals surface area contributed by atoms with Gasteiger partial charge in [0.15, 0.2) is 0 Å². The Bertz CT molecular complexity index is 397. The third-order valence-electron chi connectivity index (χ3n) is 2.70. The number of nitrogens with zero attached hydrogens (tertiary/aromatic N) is 1. The van der Waals surface area contributed by atoms with Crippen molar-refractivity contribution in [3.63, 3.8) is 0 Å². The molecule has 0 spiro atoms. The van der Waals surface area contributed by atoms with Crippen molar-refractivity contribution < 1.29 is 14.3 Å². The van der Waals surface area contributed by atoms with E-state index in [-0.39, 0.29) is 24.9 Å². The van der Waals surface area contributed by atoms with Gasteiger partial charge in [-0.3, -0.25) is 4.79 Å². The second kappa shape index (κ2) is 8.74. The largest absolute Gasteiger partial charge is 0.497 e. The first-order valence-electron chi connectivity index (χ1n) is 5.73. The zero-order valence-corrected chi connectivity index (χ0v) is 12.3. The maximum atomic E-state index is 12.0. The maximum absolute atomic E-state index is 12.0. The molecule has 5 nitrogen and oxygen atoms in total. The fraction of sp³-hybridized carbons (Fsp3) is 0.462. The molecule has 0 aliphatic rings. The van der Waals surface area contributed by atoms with E-state index in [4.69, 9.17) is 15.2 Å². The quantitative estimate of drug-likeness (QED) is 0.850. The van der Waals surface area contributed by atoms with E-state index in [2.05, 4.69) is 0 Å². The molecule has 1 unspecified atom stereocenters. The topological polar surface area (TPSA) is 64.8 Å². The molecule has 0 radical (unpaired) electrons. The van der Waals surface area contributed by atoms with Crippen molar-refractivity contribution in [2.75, 3.05) is 27.8 Å². The number of carbonyl (C=O) groups excluding carboxylic acids is 1. The molecule has 0 heterocycles. The molecule has 0 aliphatic heterocycles. The van der Waals surface area contributed by atoms with Gasteiger partial charge < -0.3 is 20.1 Å². The number of amides is 1. The average Bonchev–Trinajstić information content (AvgIpc) is 2.40. The Hall–Kier alpha value is -1.30. The van der Waals surface area contributed by atoms with Crippen LogP contribution in [0.3, 0.4) is 0 Å². The molecule has 0 aliphatic carbocycles. The Balaban J connectivity index is 0.00000324. The van der Waals surface area contributed by atoms with Crippen molar-refractivity contribution in [2.24, 2.45) is 5.73 Å². The molecule has 0 aromatic heterocycles. The number of likely N-dealkylation sites (N-methyl/N-ethyl adjacent to an activating group) is 1. The Morgan fingerprint density at radius 3 is 2.63 bits per heavy atom. The van der Waals surface area contributed by atoms with Crippen molar-refractivity contribution in [3.8, 4) is 5.75 Å². The van der Waals surface area contributed by atoms with E-state index in [1.807, 2.05) is 24.3 Å². The van der Waals surface area contributed by atoms with Gasteiger partial charge in [0.1, 0.15) is 11.9 Å². The minimum atomic E-state index is -0.583. The van der Waals surface area contributed by atoms with Crippen LogP contribution in [0.4, 0.5) is 0 Å². The highest BCUT2D eigenvalue weighted by Crippen LogP contribution is 2.14. The lowest BCUT2D eigenvalue weighted by molar-refractivity contribution is -0.140. The molecule has 0 bridgehead atoms. The molecular weight excluding hydrogens is 268 g/mol. The van der Waals surface area contributed by atoms with Crippen LogP contribution in [0, 0.1) is 0 Å². The molecule has 1 amide bonds. The molecule has 0 saturated carbocycles. The summed E-state index contributed by atoms with van der Waals surface area (Å²) in [6, 6.07) is 7.59. The molecule has 2 N–H and O–H groups in total. The summed E-state index contributed by atoms with van der Waals surface area (Å²) in [5.41, 5.74) is 6.47. The lowest BCUT2D eigenvalue weighted by Crippen LogP contribution is -2.41. The van der Waals surface area contributed by atoms with Crippen molar-refractivity contribution in [3.05, 3.63) is 29.8 Å². The first-order valence-corrected chi connectivity index (χ1v) is 5.73. The van der Waals surface area contributed by atoms with Crippen LogP contribution in [0.2, 0.25) is 0 Å². The molecule has 1 rings (SSSR count). The summed E-state index contributed by atoms with van der Waals surface area (Å²) in [4.78, 5) is 13.5. The summed E-state index contributed by atoms with van der Waals surface area (Å²) in [6.07, 6.45) is -0.583. The summed E-state index contributed by atoms with van der Waals surface area (Å²) < 4.78 is 10.2. The zero-order chi connectivity index (χ0) is 13.5. The molecular formula is C13H21ClN2O3. The lowest BCUT2D eigenvalue weighted by atomic mass is 10.2. The molecule has 0 saturated heterocycles. The second-order valence-corrected chi connectivity index (χ2v) is 4.01. The van der Waals surface area contributed by atoms with Crippen LogP contribution in [0.1, 0.15) is 5.56 Å². The van der Waals surface area contributed by atoms with Crippen molar-refractivity contribution >= 4 is 18.3 Å². The van der Waals surface area contributed by atoms with Crippen LogP contribution in [0.25, 0.3) is 0 Å². The fourth-order valence-electron chi connectivity index (χ4n) is 1.67. The normalized spacial score (nSPS) is 11.4. The Labute approximate surface area is 120 Å². The predicted octanol–water partition coefficient (Wildman–Crippen LogP) is 1.05. The number of hydrogen-bond acceptors (Lipinski definition) is 4. The molecule has 19 heavy (non-hydrogen) atoms. The van der Waals surface area contributed by atoms with Gasteiger partial charge >= 0.3 is 0 Å². The number of carbonyl (C=O) groups is 1. The SMILES string of the molecule is COc1cccc(CN(C)C(=O)C(CN)OC)c1.Cl. The number of benzene rings is 1. The summed E-state index contributed by atoms with van der Waals surface area (Å²) in [5.74, 6) is 0.651. The number of hydrogen-bond donors (Lipinski definition) is 1. The van der Waals surface area contributed by atoms with Crippen LogP contribution in [0.15, 0.2) is 24.3 Å². The van der Waals surface area contributed by atoms with Gasteiger partial charge in [-0.1, -0.05) is 12.1 Å². The Morgan fingerprint density at radius 1 is 1.42 bits per heavy atom. The number of rotatable bonds is 6. The Kier molecular flexibility index (Phi) is 8.14. The fourth-order valence-corrected chi connectivity index (χ4v) is 1.67. The predicted molar refractivity (Wildman–Crippen MR) is 76.6 cm³/mol. The van der Waals surface area contributed by atoms with E-state index < -0.39 is 6.10 Å². The summed E-state index contributed by atoms with van der Waals surface area (Å²) in [5, 5.41) is 0. The summed E-state index contributed by atoms with van der Waals surface area (Å²) in [7, 11) is 4.82. The molecule has 1 aromatic rings. The van der Waals surface area contributed by atoms with Gasteiger partial charge in [0.05, 0.1) is 7.11 Å². The van der Waals surface area contributed by atoms with E-state index in [1.54, 1.807) is 19.1 Å². The van der Waals surface area contributed by atoms with E-state index in [1.165, 1.54) is 7.11 Å². The standard InChI is InChI=1S/C13H20N2O3.ClH/c1-15(13(16)12(8-14)18-3)9-10-5-4-6-11(7-10)17-2;/h4-7,12H,8-9,14H2,1-3H3;1H. The molecule has 0 fully saturated rings. The van der Waals surface area contributed by atoms with E-state index >= 15 is 0 Å². The van der Waals surface area contributed by atoms with E-state index in [0.29, 0.717) is 6.54 Å². The van der Waals surface area contributed by atoms with Crippen LogP contribution < -0.4 is 10.5 Å². The van der Waals surface area contributed by atoms with Gasteiger partial charge in [0.2, 0.25) is 0 Å². The maximum Gasteiger partial charge on any atom is 0.253 e. The van der Waals surface area contributed by atoms with E-state index in [9.17, 15) is 4.79 Å². The molecule has 108 valence electrons. The third kappa shape index (κ3) is 5.06.